The van der Waals surface area contributed by atoms with Crippen molar-refractivity contribution in [1.82, 2.24) is 9.88 Å². The van der Waals surface area contributed by atoms with Crippen LogP contribution in [0.1, 0.15) is 39.3 Å². The first-order chi connectivity index (χ1) is 15.8. The Morgan fingerprint density at radius 1 is 1.09 bits per heavy atom. The first-order valence-electron chi connectivity index (χ1n) is 10.2. The van der Waals surface area contributed by atoms with Crippen molar-refractivity contribution in [3.05, 3.63) is 87.0 Å². The number of ketones is 1. The number of aromatic nitrogens is 1. The van der Waals surface area contributed by atoms with Crippen LogP contribution in [0, 0.1) is 0 Å². The number of halogens is 2. The first kappa shape index (κ1) is 25.2. The molecule has 3 aromatic rings. The van der Waals surface area contributed by atoms with Crippen LogP contribution in [-0.2, 0) is 6.42 Å². The molecule has 176 valence electrons. The van der Waals surface area contributed by atoms with Crippen molar-refractivity contribution in [1.29, 1.82) is 0 Å². The van der Waals surface area contributed by atoms with E-state index < -0.39 is 5.91 Å². The van der Waals surface area contributed by atoms with E-state index in [9.17, 15) is 14.7 Å². The number of amidine groups is 1. The molecule has 34 heavy (non-hydrogen) atoms. The summed E-state index contributed by atoms with van der Waals surface area (Å²) in [5.41, 5.74) is 1.65. The predicted molar refractivity (Wildman–Crippen MR) is 136 cm³/mol. The fraction of sp³-hybridized carbons (Fsp3) is 0.200. The van der Waals surface area contributed by atoms with Gasteiger partial charge in [0.15, 0.2) is 5.78 Å². The highest BCUT2D eigenvalue weighted by atomic mass is 35.5. The average molecular weight is 499 g/mol. The molecule has 0 saturated heterocycles. The van der Waals surface area contributed by atoms with Crippen LogP contribution >= 0.6 is 23.2 Å². The molecule has 0 aliphatic carbocycles. The second kappa shape index (κ2) is 10.7. The molecule has 0 spiro atoms. The maximum Gasteiger partial charge on any atom is 0.257 e. The molecule has 2 N–H and O–H groups in total. The van der Waals surface area contributed by atoms with Gasteiger partial charge in [0.1, 0.15) is 17.4 Å². The van der Waals surface area contributed by atoms with Gasteiger partial charge in [-0.2, -0.15) is 0 Å². The monoisotopic (exact) mass is 498 g/mol. The number of anilines is 1. The van der Waals surface area contributed by atoms with Crippen molar-refractivity contribution >= 4 is 46.5 Å². The van der Waals surface area contributed by atoms with E-state index in [1.54, 1.807) is 24.3 Å². The van der Waals surface area contributed by atoms with Crippen molar-refractivity contribution in [2.45, 2.75) is 13.8 Å². The number of hydrogen-bond donors (Lipinski definition) is 2. The van der Waals surface area contributed by atoms with Crippen LogP contribution in [0.4, 0.5) is 5.82 Å². The number of likely N-dealkylation sites (N-methyl/N-ethyl adjacent to an activating group) is 1. The predicted octanol–water partition coefficient (Wildman–Crippen LogP) is 5.10. The van der Waals surface area contributed by atoms with Gasteiger partial charge in [0.05, 0.1) is 11.6 Å². The largest absolute Gasteiger partial charge is 0.508 e. The van der Waals surface area contributed by atoms with Gasteiger partial charge in [-0.3, -0.25) is 14.6 Å². The van der Waals surface area contributed by atoms with E-state index in [0.717, 1.165) is 24.5 Å². The number of phenolic OH excluding ortho intramolecular Hbond substituents is 1. The number of nitrogens with one attached hydrogen (secondary N) is 1. The SMILES string of the molecule is C.CN1CCN=C1c1ccc(C(=O)Cc2c(O)cc(Cl)cc2C(=O)Nc2ccc(Cl)cn2)cc1. The number of Topliss-reactive ketones (excluding diaryl/α,β-unsaturated/α-hetero) is 1. The van der Waals surface area contributed by atoms with Crippen molar-refractivity contribution in [2.75, 3.05) is 25.5 Å². The van der Waals surface area contributed by atoms with Gasteiger partial charge in [-0.25, -0.2) is 4.98 Å². The maximum atomic E-state index is 13.0. The van der Waals surface area contributed by atoms with Crippen molar-refractivity contribution in [3.8, 4) is 5.75 Å². The number of carbonyl (C=O) groups excluding carboxylic acids is 2. The third kappa shape index (κ3) is 5.55. The molecule has 2 heterocycles. The Balaban J connectivity index is 0.00000324. The summed E-state index contributed by atoms with van der Waals surface area (Å²) in [6.07, 6.45) is 1.22. The summed E-state index contributed by atoms with van der Waals surface area (Å²) in [6.45, 7) is 1.61. The first-order valence-corrected chi connectivity index (χ1v) is 10.9. The minimum Gasteiger partial charge on any atom is -0.508 e. The number of benzene rings is 2. The Hall–Kier alpha value is -3.42. The summed E-state index contributed by atoms with van der Waals surface area (Å²) >= 11 is 11.9. The maximum absolute atomic E-state index is 13.0. The number of aliphatic imine (C=N–C) groups is 1. The summed E-state index contributed by atoms with van der Waals surface area (Å²) in [6, 6.07) is 13.0. The molecule has 0 saturated carbocycles. The fourth-order valence-electron chi connectivity index (χ4n) is 3.56. The molecule has 1 aromatic heterocycles. The second-order valence-corrected chi connectivity index (χ2v) is 8.44. The van der Waals surface area contributed by atoms with Crippen LogP contribution in [0.3, 0.4) is 0 Å². The Bertz CT molecular complexity index is 1240. The molecular formula is C25H24Cl2N4O3. The zero-order valence-corrected chi connectivity index (χ0v) is 19.2. The zero-order valence-electron chi connectivity index (χ0n) is 17.7. The zero-order chi connectivity index (χ0) is 23.5. The molecule has 7 nitrogen and oxygen atoms in total. The molecule has 0 unspecified atom stereocenters. The summed E-state index contributed by atoms with van der Waals surface area (Å²) < 4.78 is 0. The molecule has 4 rings (SSSR count). The quantitative estimate of drug-likeness (QED) is 0.461. The normalized spacial score (nSPS) is 12.7. The van der Waals surface area contributed by atoms with Gasteiger partial charge in [0.2, 0.25) is 0 Å². The third-order valence-corrected chi connectivity index (χ3v) is 5.71. The Morgan fingerprint density at radius 3 is 2.44 bits per heavy atom. The van der Waals surface area contributed by atoms with E-state index in [1.807, 2.05) is 19.2 Å². The van der Waals surface area contributed by atoms with Gasteiger partial charge in [-0.05, 0) is 24.3 Å². The Labute approximate surface area is 208 Å². The van der Waals surface area contributed by atoms with E-state index in [4.69, 9.17) is 23.2 Å². The van der Waals surface area contributed by atoms with Gasteiger partial charge >= 0.3 is 0 Å². The van der Waals surface area contributed by atoms with E-state index in [2.05, 4.69) is 20.2 Å². The third-order valence-electron chi connectivity index (χ3n) is 5.27. The molecule has 0 bridgehead atoms. The topological polar surface area (TPSA) is 94.9 Å². The Morgan fingerprint density at radius 2 is 1.82 bits per heavy atom. The summed E-state index contributed by atoms with van der Waals surface area (Å²) in [5, 5.41) is 13.7. The van der Waals surface area contributed by atoms with Crippen molar-refractivity contribution < 1.29 is 14.7 Å². The number of nitrogens with zero attached hydrogens (tertiary/aromatic N) is 3. The molecule has 0 radical (unpaired) electrons. The average Bonchev–Trinajstić information content (AvgIpc) is 3.22. The standard InChI is InChI=1S/C24H20Cl2N4O3.CH4/c1-30-9-8-27-23(30)15-4-2-14(3-5-15)20(31)12-18-19(10-17(26)11-21(18)32)24(33)29-22-7-6-16(25)13-28-22;/h2-7,10-11,13,32H,8-9,12H2,1H3,(H,28,29,33);1H4. The Kier molecular flexibility index (Phi) is 7.91. The highest BCUT2D eigenvalue weighted by molar-refractivity contribution is 6.31. The van der Waals surface area contributed by atoms with Crippen LogP contribution in [0.25, 0.3) is 0 Å². The molecule has 9 heteroatoms. The van der Waals surface area contributed by atoms with Crippen LogP contribution in [-0.4, -0.2) is 52.7 Å². The van der Waals surface area contributed by atoms with Crippen LogP contribution in [0.2, 0.25) is 10.0 Å². The smallest absolute Gasteiger partial charge is 0.257 e. The van der Waals surface area contributed by atoms with E-state index in [1.165, 1.54) is 18.3 Å². The molecule has 0 atom stereocenters. The molecule has 0 fully saturated rings. The number of pyridine rings is 1. The van der Waals surface area contributed by atoms with Crippen LogP contribution in [0.5, 0.6) is 5.75 Å². The lowest BCUT2D eigenvalue weighted by Gasteiger charge is -2.14. The van der Waals surface area contributed by atoms with Gasteiger partial charge < -0.3 is 15.3 Å². The van der Waals surface area contributed by atoms with Gasteiger partial charge in [0.25, 0.3) is 5.91 Å². The van der Waals surface area contributed by atoms with Crippen LogP contribution < -0.4 is 5.32 Å². The second-order valence-electron chi connectivity index (χ2n) is 7.57. The number of hydrogen-bond acceptors (Lipinski definition) is 6. The number of carbonyl (C=O) groups is 2. The lowest BCUT2D eigenvalue weighted by atomic mass is 9.96. The highest BCUT2D eigenvalue weighted by Crippen LogP contribution is 2.29. The van der Waals surface area contributed by atoms with Crippen molar-refractivity contribution in [3.63, 3.8) is 0 Å². The van der Waals surface area contributed by atoms with Gasteiger partial charge in [0, 0.05) is 53.5 Å². The fourth-order valence-corrected chi connectivity index (χ4v) is 3.88. The molecule has 2 aromatic carbocycles. The van der Waals surface area contributed by atoms with E-state index >= 15 is 0 Å². The number of phenols is 1. The molecular weight excluding hydrogens is 475 g/mol. The minimum atomic E-state index is -0.553. The summed E-state index contributed by atoms with van der Waals surface area (Å²) in [5.74, 6) is 0.127. The number of aromatic hydroxyl groups is 1. The van der Waals surface area contributed by atoms with Crippen molar-refractivity contribution in [2.24, 2.45) is 4.99 Å². The molecule has 1 amide bonds. The molecule has 1 aliphatic rings. The minimum absolute atomic E-state index is 0. The van der Waals surface area contributed by atoms with Gasteiger partial charge in [-0.1, -0.05) is 54.9 Å². The van der Waals surface area contributed by atoms with E-state index in [-0.39, 0.29) is 47.3 Å². The number of rotatable bonds is 6. The summed E-state index contributed by atoms with van der Waals surface area (Å²) in [4.78, 5) is 36.4. The lowest BCUT2D eigenvalue weighted by molar-refractivity contribution is 0.0991. The van der Waals surface area contributed by atoms with Crippen LogP contribution in [0.15, 0.2) is 59.7 Å². The lowest BCUT2D eigenvalue weighted by Crippen LogP contribution is -2.23. The van der Waals surface area contributed by atoms with Gasteiger partial charge in [-0.15, -0.1) is 0 Å². The molecule has 1 aliphatic heterocycles. The van der Waals surface area contributed by atoms with E-state index in [0.29, 0.717) is 10.6 Å². The summed E-state index contributed by atoms with van der Waals surface area (Å²) in [7, 11) is 1.97. The number of amides is 1. The highest BCUT2D eigenvalue weighted by Gasteiger charge is 2.21.